The summed E-state index contributed by atoms with van der Waals surface area (Å²) in [5, 5.41) is 6.31. The zero-order valence-corrected chi connectivity index (χ0v) is 14.5. The first-order valence-electron chi connectivity index (χ1n) is 7.65. The number of halogens is 1. The molecule has 7 heteroatoms. The average Bonchev–Trinajstić information content (AvgIpc) is 2.61. The Balaban J connectivity index is 0.00000400. The van der Waals surface area contributed by atoms with E-state index in [1.165, 1.54) is 44.8 Å². The molecule has 5 nitrogen and oxygen atoms in total. The van der Waals surface area contributed by atoms with Crippen molar-refractivity contribution in [1.29, 1.82) is 0 Å². The Morgan fingerprint density at radius 2 is 1.71 bits per heavy atom. The van der Waals surface area contributed by atoms with Crippen LogP contribution in [0.15, 0.2) is 0 Å². The van der Waals surface area contributed by atoms with E-state index in [1.807, 2.05) is 0 Å². The van der Waals surface area contributed by atoms with Crippen molar-refractivity contribution in [3.8, 4) is 0 Å². The van der Waals surface area contributed by atoms with Crippen LogP contribution in [0.25, 0.3) is 0 Å². The van der Waals surface area contributed by atoms with E-state index in [0.717, 1.165) is 6.54 Å². The van der Waals surface area contributed by atoms with Crippen LogP contribution in [0, 0.1) is 0 Å². The van der Waals surface area contributed by atoms with E-state index in [0.29, 0.717) is 19.0 Å². The third-order valence-electron chi connectivity index (χ3n) is 3.65. The molecule has 126 valence electrons. The van der Waals surface area contributed by atoms with Crippen LogP contribution in [0.4, 0.5) is 0 Å². The highest BCUT2D eigenvalue weighted by molar-refractivity contribution is 7.90. The molecule has 2 N–H and O–H groups in total. The minimum absolute atomic E-state index is 0. The second-order valence-corrected chi connectivity index (χ2v) is 7.99. The highest BCUT2D eigenvalue weighted by Crippen LogP contribution is 2.16. The molecule has 1 saturated carbocycles. The van der Waals surface area contributed by atoms with Gasteiger partial charge in [-0.1, -0.05) is 25.7 Å². The second-order valence-electron chi connectivity index (χ2n) is 5.73. The monoisotopic (exact) mass is 340 g/mol. The van der Waals surface area contributed by atoms with E-state index in [2.05, 4.69) is 10.6 Å². The molecule has 0 radical (unpaired) electrons. The summed E-state index contributed by atoms with van der Waals surface area (Å²) in [6, 6.07) is 0.597. The fourth-order valence-corrected chi connectivity index (χ4v) is 3.21. The topological polar surface area (TPSA) is 75.3 Å². The molecule has 0 aromatic heterocycles. The van der Waals surface area contributed by atoms with Crippen molar-refractivity contribution >= 4 is 28.2 Å². The van der Waals surface area contributed by atoms with Gasteiger partial charge < -0.3 is 10.6 Å². The van der Waals surface area contributed by atoms with Crippen molar-refractivity contribution < 1.29 is 13.2 Å². The minimum atomic E-state index is -2.96. The SMILES string of the molecule is CS(=O)(=O)CCCC(=O)NCCNC1CCCCCC1.Cl. The third-order valence-corrected chi connectivity index (χ3v) is 4.68. The van der Waals surface area contributed by atoms with E-state index in [-0.39, 0.29) is 30.5 Å². The molecule has 0 spiro atoms. The molecule has 1 amide bonds. The molecule has 1 aliphatic rings. The summed E-state index contributed by atoms with van der Waals surface area (Å²) >= 11 is 0. The highest BCUT2D eigenvalue weighted by Gasteiger charge is 2.11. The van der Waals surface area contributed by atoms with Gasteiger partial charge in [0.2, 0.25) is 5.91 Å². The van der Waals surface area contributed by atoms with Gasteiger partial charge in [0.05, 0.1) is 5.75 Å². The zero-order valence-electron chi connectivity index (χ0n) is 12.9. The summed E-state index contributed by atoms with van der Waals surface area (Å²) in [7, 11) is -2.96. The number of rotatable bonds is 8. The normalized spacial score (nSPS) is 16.8. The molecule has 1 fully saturated rings. The van der Waals surface area contributed by atoms with Gasteiger partial charge in [-0.15, -0.1) is 12.4 Å². The summed E-state index contributed by atoms with van der Waals surface area (Å²) in [6.45, 7) is 1.41. The molecule has 0 unspecified atom stereocenters. The van der Waals surface area contributed by atoms with Crippen LogP contribution in [0.2, 0.25) is 0 Å². The van der Waals surface area contributed by atoms with Crippen LogP contribution in [0.1, 0.15) is 51.4 Å². The molecular weight excluding hydrogens is 312 g/mol. The molecule has 0 saturated heterocycles. The van der Waals surface area contributed by atoms with Gasteiger partial charge in [0.1, 0.15) is 9.84 Å². The molecule has 0 heterocycles. The summed E-state index contributed by atoms with van der Waals surface area (Å²) in [5.74, 6) is 0.0251. The molecule has 0 aromatic carbocycles. The van der Waals surface area contributed by atoms with E-state index in [1.54, 1.807) is 0 Å². The van der Waals surface area contributed by atoms with Gasteiger partial charge >= 0.3 is 0 Å². The summed E-state index contributed by atoms with van der Waals surface area (Å²) in [5.41, 5.74) is 0. The van der Waals surface area contributed by atoms with Gasteiger partial charge in [-0.05, 0) is 19.3 Å². The summed E-state index contributed by atoms with van der Waals surface area (Å²) < 4.78 is 21.9. The van der Waals surface area contributed by atoms with Gasteiger partial charge in [-0.25, -0.2) is 8.42 Å². The van der Waals surface area contributed by atoms with E-state index < -0.39 is 9.84 Å². The number of carbonyl (C=O) groups is 1. The lowest BCUT2D eigenvalue weighted by Gasteiger charge is -2.16. The van der Waals surface area contributed by atoms with E-state index in [9.17, 15) is 13.2 Å². The maximum atomic E-state index is 11.5. The van der Waals surface area contributed by atoms with Crippen molar-refractivity contribution in [2.45, 2.75) is 57.4 Å². The Kier molecular flexibility index (Phi) is 11.1. The van der Waals surface area contributed by atoms with Crippen molar-refractivity contribution in [3.05, 3.63) is 0 Å². The van der Waals surface area contributed by atoms with Crippen LogP contribution >= 0.6 is 12.4 Å². The number of hydrogen-bond donors (Lipinski definition) is 2. The van der Waals surface area contributed by atoms with E-state index >= 15 is 0 Å². The molecule has 0 aliphatic heterocycles. The van der Waals surface area contributed by atoms with Crippen LogP contribution < -0.4 is 10.6 Å². The van der Waals surface area contributed by atoms with E-state index in [4.69, 9.17) is 0 Å². The van der Waals surface area contributed by atoms with Crippen molar-refractivity contribution in [1.82, 2.24) is 10.6 Å². The molecule has 21 heavy (non-hydrogen) atoms. The highest BCUT2D eigenvalue weighted by atomic mass is 35.5. The van der Waals surface area contributed by atoms with Gasteiger partial charge in [-0.3, -0.25) is 4.79 Å². The molecule has 0 bridgehead atoms. The van der Waals surface area contributed by atoms with Crippen LogP contribution in [-0.2, 0) is 14.6 Å². The predicted molar refractivity (Wildman–Crippen MR) is 88.7 cm³/mol. The van der Waals surface area contributed by atoms with Gasteiger partial charge in [0.25, 0.3) is 0 Å². The lowest BCUT2D eigenvalue weighted by Crippen LogP contribution is -2.36. The zero-order chi connectivity index (χ0) is 14.8. The van der Waals surface area contributed by atoms with Crippen LogP contribution in [0.5, 0.6) is 0 Å². The minimum Gasteiger partial charge on any atom is -0.355 e. The maximum absolute atomic E-state index is 11.5. The molecular formula is C14H29ClN2O3S. The fraction of sp³-hybridized carbons (Fsp3) is 0.929. The number of carbonyl (C=O) groups excluding carboxylic acids is 1. The number of sulfone groups is 1. The fourth-order valence-electron chi connectivity index (χ4n) is 2.55. The average molecular weight is 341 g/mol. The first-order valence-corrected chi connectivity index (χ1v) is 9.71. The third kappa shape index (κ3) is 12.0. The largest absolute Gasteiger partial charge is 0.355 e. The maximum Gasteiger partial charge on any atom is 0.220 e. The van der Waals surface area contributed by atoms with Crippen molar-refractivity contribution in [3.63, 3.8) is 0 Å². The lowest BCUT2D eigenvalue weighted by atomic mass is 10.1. The number of nitrogens with one attached hydrogen (secondary N) is 2. The molecule has 0 aromatic rings. The Labute approximate surface area is 135 Å². The Morgan fingerprint density at radius 3 is 2.29 bits per heavy atom. The lowest BCUT2D eigenvalue weighted by molar-refractivity contribution is -0.121. The molecule has 1 aliphatic carbocycles. The van der Waals surface area contributed by atoms with Gasteiger partial charge in [0.15, 0.2) is 0 Å². The Bertz CT molecular complexity index is 380. The van der Waals surface area contributed by atoms with Gasteiger partial charge in [0, 0.05) is 31.8 Å². The predicted octanol–water partition coefficient (Wildman–Crippen LogP) is 1.66. The first-order chi connectivity index (χ1) is 9.47. The quantitative estimate of drug-likeness (QED) is 0.520. The van der Waals surface area contributed by atoms with Gasteiger partial charge in [-0.2, -0.15) is 0 Å². The summed E-state index contributed by atoms with van der Waals surface area (Å²) in [6.07, 6.45) is 9.65. The Morgan fingerprint density at radius 1 is 1.10 bits per heavy atom. The smallest absolute Gasteiger partial charge is 0.220 e. The first kappa shape index (κ1) is 20.7. The van der Waals surface area contributed by atoms with Crippen molar-refractivity contribution in [2.75, 3.05) is 25.1 Å². The van der Waals surface area contributed by atoms with Crippen LogP contribution in [0.3, 0.4) is 0 Å². The number of amides is 1. The summed E-state index contributed by atoms with van der Waals surface area (Å²) in [4.78, 5) is 11.5. The molecule has 1 rings (SSSR count). The Hall–Kier alpha value is -0.330. The standard InChI is InChI=1S/C14H28N2O3S.ClH/c1-20(18,19)12-6-9-14(17)16-11-10-15-13-7-4-2-3-5-8-13;/h13,15H,2-12H2,1H3,(H,16,17);1H. The van der Waals surface area contributed by atoms with Crippen molar-refractivity contribution in [2.24, 2.45) is 0 Å². The molecule has 0 atom stereocenters. The number of hydrogen-bond acceptors (Lipinski definition) is 4. The second kappa shape index (κ2) is 11.3. The van der Waals surface area contributed by atoms with Crippen LogP contribution in [-0.4, -0.2) is 45.5 Å².